The molecule has 0 heterocycles. The summed E-state index contributed by atoms with van der Waals surface area (Å²) < 4.78 is 0. The van der Waals surface area contributed by atoms with E-state index in [1.807, 2.05) is 20.8 Å². The van der Waals surface area contributed by atoms with Gasteiger partial charge in [-0.2, -0.15) is 0 Å². The average molecular weight is 201 g/mol. The van der Waals surface area contributed by atoms with Crippen LogP contribution in [-0.4, -0.2) is 11.9 Å². The lowest BCUT2D eigenvalue weighted by atomic mass is 9.95. The number of hydrogen-bond acceptors (Lipinski definition) is 1. The fraction of sp³-hybridized carbons (Fsp3) is 0.917. The van der Waals surface area contributed by atoms with Crippen molar-refractivity contribution in [2.24, 2.45) is 5.92 Å². The normalized spacial score (nSPS) is 11.6. The second kappa shape index (κ2) is 10.6. The molecule has 0 saturated heterocycles. The molecule has 0 aromatic heterocycles. The van der Waals surface area contributed by atoms with Crippen molar-refractivity contribution in [3.8, 4) is 0 Å². The third-order valence-corrected chi connectivity index (χ3v) is 2.47. The van der Waals surface area contributed by atoms with Gasteiger partial charge >= 0.3 is 0 Å². The highest BCUT2D eigenvalue weighted by atomic mass is 16.1. The van der Waals surface area contributed by atoms with Crippen molar-refractivity contribution in [1.82, 2.24) is 5.32 Å². The molecule has 0 aliphatic heterocycles. The van der Waals surface area contributed by atoms with E-state index >= 15 is 0 Å². The molecule has 0 bridgehead atoms. The van der Waals surface area contributed by atoms with Gasteiger partial charge in [0.25, 0.3) is 0 Å². The Morgan fingerprint density at radius 3 is 1.86 bits per heavy atom. The van der Waals surface area contributed by atoms with Crippen molar-refractivity contribution in [1.29, 1.82) is 0 Å². The Morgan fingerprint density at radius 2 is 1.57 bits per heavy atom. The van der Waals surface area contributed by atoms with E-state index in [2.05, 4.69) is 26.1 Å². The molecule has 0 radical (unpaired) electrons. The Morgan fingerprint density at radius 1 is 1.14 bits per heavy atom. The molecule has 0 spiro atoms. The summed E-state index contributed by atoms with van der Waals surface area (Å²) in [6.45, 7) is 12.3. The van der Waals surface area contributed by atoms with Crippen LogP contribution in [0.5, 0.6) is 0 Å². The molecular formula is C12H27NO. The molecule has 1 N–H and O–H groups in total. The number of carbonyl (C=O) groups excluding carboxylic acids is 1. The van der Waals surface area contributed by atoms with Gasteiger partial charge in [0.1, 0.15) is 0 Å². The fourth-order valence-corrected chi connectivity index (χ4v) is 1.47. The third-order valence-electron chi connectivity index (χ3n) is 2.47. The van der Waals surface area contributed by atoms with Gasteiger partial charge in [-0.25, -0.2) is 0 Å². The summed E-state index contributed by atoms with van der Waals surface area (Å²) in [4.78, 5) is 11.0. The van der Waals surface area contributed by atoms with Gasteiger partial charge in [-0.1, -0.05) is 47.5 Å². The van der Waals surface area contributed by atoms with E-state index in [0.717, 1.165) is 12.8 Å². The Bertz CT molecular complexity index is 130. The zero-order valence-corrected chi connectivity index (χ0v) is 10.7. The molecule has 0 aliphatic carbocycles. The maximum atomic E-state index is 11.0. The van der Waals surface area contributed by atoms with Crippen molar-refractivity contribution in [2.45, 2.75) is 66.8 Å². The quantitative estimate of drug-likeness (QED) is 0.726. The summed E-state index contributed by atoms with van der Waals surface area (Å²) in [5.41, 5.74) is 0. The largest absolute Gasteiger partial charge is 0.353 e. The van der Waals surface area contributed by atoms with Crippen LogP contribution in [0.15, 0.2) is 0 Å². The number of nitrogens with one attached hydrogen (secondary N) is 1. The molecule has 2 heteroatoms. The van der Waals surface area contributed by atoms with Crippen LogP contribution in [0.4, 0.5) is 0 Å². The van der Waals surface area contributed by atoms with Gasteiger partial charge < -0.3 is 5.32 Å². The number of rotatable bonds is 5. The van der Waals surface area contributed by atoms with Crippen LogP contribution < -0.4 is 5.32 Å². The third kappa shape index (κ3) is 6.93. The number of hydrogen-bond donors (Lipinski definition) is 1. The van der Waals surface area contributed by atoms with Crippen LogP contribution >= 0.6 is 0 Å². The van der Waals surface area contributed by atoms with Crippen LogP contribution in [0.25, 0.3) is 0 Å². The molecule has 0 saturated carbocycles. The lowest BCUT2D eigenvalue weighted by Gasteiger charge is -2.22. The van der Waals surface area contributed by atoms with E-state index in [0.29, 0.717) is 18.4 Å². The predicted molar refractivity (Wildman–Crippen MR) is 63.3 cm³/mol. The molecule has 0 aromatic rings. The molecule has 1 atom stereocenters. The average Bonchev–Trinajstić information content (AvgIpc) is 2.22. The van der Waals surface area contributed by atoms with Crippen LogP contribution in [-0.2, 0) is 4.79 Å². The summed E-state index contributed by atoms with van der Waals surface area (Å²) in [5, 5.41) is 2.99. The van der Waals surface area contributed by atoms with Crippen LogP contribution in [0.2, 0.25) is 0 Å². The molecule has 14 heavy (non-hydrogen) atoms. The summed E-state index contributed by atoms with van der Waals surface area (Å²) in [6, 6.07) is 0.326. The highest BCUT2D eigenvalue weighted by Gasteiger charge is 2.14. The van der Waals surface area contributed by atoms with Gasteiger partial charge in [-0.3, -0.25) is 4.79 Å². The van der Waals surface area contributed by atoms with Gasteiger partial charge in [0.05, 0.1) is 0 Å². The standard InChI is InChI=1S/C10H21NO.C2H6/c1-5-9(6-2)8(4)11-10(12)7-3;1-2/h8-9H,5-7H2,1-4H3,(H,11,12);1-2H3. The fourth-order valence-electron chi connectivity index (χ4n) is 1.47. The summed E-state index contributed by atoms with van der Waals surface area (Å²) in [5.74, 6) is 0.787. The summed E-state index contributed by atoms with van der Waals surface area (Å²) in [7, 11) is 0. The lowest BCUT2D eigenvalue weighted by Crippen LogP contribution is -2.37. The van der Waals surface area contributed by atoms with E-state index in [-0.39, 0.29) is 5.91 Å². The molecule has 1 amide bonds. The van der Waals surface area contributed by atoms with E-state index in [1.54, 1.807) is 0 Å². The Hall–Kier alpha value is -0.530. The minimum atomic E-state index is 0.161. The van der Waals surface area contributed by atoms with E-state index in [1.165, 1.54) is 0 Å². The zero-order valence-electron chi connectivity index (χ0n) is 10.7. The van der Waals surface area contributed by atoms with Gasteiger partial charge in [0.15, 0.2) is 0 Å². The Kier molecular flexibility index (Phi) is 12.0. The van der Waals surface area contributed by atoms with Crippen molar-refractivity contribution >= 4 is 5.91 Å². The van der Waals surface area contributed by atoms with Crippen molar-refractivity contribution in [3.63, 3.8) is 0 Å². The molecule has 0 aromatic carbocycles. The van der Waals surface area contributed by atoms with Crippen LogP contribution in [0.3, 0.4) is 0 Å². The zero-order chi connectivity index (χ0) is 11.6. The summed E-state index contributed by atoms with van der Waals surface area (Å²) in [6.07, 6.45) is 2.87. The first kappa shape index (κ1) is 15.9. The molecule has 0 fully saturated rings. The van der Waals surface area contributed by atoms with Gasteiger partial charge in [-0.15, -0.1) is 0 Å². The maximum absolute atomic E-state index is 11.0. The minimum absolute atomic E-state index is 0.161. The predicted octanol–water partition coefficient (Wildman–Crippen LogP) is 3.36. The Labute approximate surface area is 89.5 Å². The van der Waals surface area contributed by atoms with Crippen molar-refractivity contribution in [2.75, 3.05) is 0 Å². The lowest BCUT2D eigenvalue weighted by molar-refractivity contribution is -0.121. The second-order valence-corrected chi connectivity index (χ2v) is 3.29. The molecule has 0 aliphatic rings. The first-order valence-corrected chi connectivity index (χ1v) is 5.94. The van der Waals surface area contributed by atoms with Crippen LogP contribution in [0.1, 0.15) is 60.8 Å². The molecule has 1 unspecified atom stereocenters. The number of amides is 1. The van der Waals surface area contributed by atoms with Crippen LogP contribution in [0, 0.1) is 5.92 Å². The first-order valence-electron chi connectivity index (χ1n) is 5.94. The maximum Gasteiger partial charge on any atom is 0.219 e. The Balaban J connectivity index is 0. The van der Waals surface area contributed by atoms with Crippen molar-refractivity contribution < 1.29 is 4.79 Å². The topological polar surface area (TPSA) is 29.1 Å². The molecule has 0 rings (SSSR count). The van der Waals surface area contributed by atoms with E-state index < -0.39 is 0 Å². The smallest absolute Gasteiger partial charge is 0.219 e. The highest BCUT2D eigenvalue weighted by molar-refractivity contribution is 5.75. The molecule has 86 valence electrons. The molecular weight excluding hydrogens is 174 g/mol. The second-order valence-electron chi connectivity index (χ2n) is 3.29. The van der Waals surface area contributed by atoms with Gasteiger partial charge in [0.2, 0.25) is 5.91 Å². The van der Waals surface area contributed by atoms with Gasteiger partial charge in [-0.05, 0) is 12.8 Å². The van der Waals surface area contributed by atoms with E-state index in [9.17, 15) is 4.79 Å². The molecule has 2 nitrogen and oxygen atoms in total. The minimum Gasteiger partial charge on any atom is -0.353 e. The first-order chi connectivity index (χ1) is 6.65. The van der Waals surface area contributed by atoms with E-state index in [4.69, 9.17) is 0 Å². The summed E-state index contributed by atoms with van der Waals surface area (Å²) >= 11 is 0. The monoisotopic (exact) mass is 201 g/mol. The van der Waals surface area contributed by atoms with Crippen molar-refractivity contribution in [3.05, 3.63) is 0 Å². The van der Waals surface area contributed by atoms with Gasteiger partial charge in [0, 0.05) is 12.5 Å². The SMILES string of the molecule is CC.CCC(=O)NC(C)C(CC)CC. The number of carbonyl (C=O) groups is 1. The highest BCUT2D eigenvalue weighted by Crippen LogP contribution is 2.12.